The van der Waals surface area contributed by atoms with Crippen LogP contribution in [-0.2, 0) is 4.74 Å². The molecule has 0 fully saturated rings. The van der Waals surface area contributed by atoms with Crippen LogP contribution >= 0.6 is 0 Å². The first-order valence-electron chi connectivity index (χ1n) is 5.08. The van der Waals surface area contributed by atoms with Crippen LogP contribution in [0.1, 0.15) is 11.9 Å². The molecule has 1 unspecified atom stereocenters. The molecule has 0 bridgehead atoms. The Morgan fingerprint density at radius 2 is 2.35 bits per heavy atom. The first kappa shape index (κ1) is 10.1. The van der Waals surface area contributed by atoms with Crippen molar-refractivity contribution >= 4 is 16.8 Å². The predicted octanol–water partition coefficient (Wildman–Crippen LogP) is -0.353. The zero-order chi connectivity index (χ0) is 11.8. The van der Waals surface area contributed by atoms with E-state index in [1.165, 1.54) is 0 Å². The van der Waals surface area contributed by atoms with Crippen molar-refractivity contribution in [2.75, 3.05) is 13.7 Å². The largest absolute Gasteiger partial charge is 0.383 e. The number of nitrogens with two attached hydrogens (primary N) is 1. The van der Waals surface area contributed by atoms with Gasteiger partial charge in [0.05, 0.1) is 19.0 Å². The molecule has 0 aliphatic carbocycles. The van der Waals surface area contributed by atoms with Crippen molar-refractivity contribution in [2.45, 2.75) is 6.04 Å². The zero-order valence-electron chi connectivity index (χ0n) is 9.16. The molecule has 0 aromatic carbocycles. The highest BCUT2D eigenvalue weighted by atomic mass is 16.5. The number of methoxy groups -OCH3 is 1. The Morgan fingerprint density at radius 1 is 1.47 bits per heavy atom. The fourth-order valence-electron chi connectivity index (χ4n) is 1.76. The lowest BCUT2D eigenvalue weighted by atomic mass is 10.3. The van der Waals surface area contributed by atoms with Crippen LogP contribution in [0.4, 0.5) is 0 Å². The van der Waals surface area contributed by atoms with E-state index in [-0.39, 0.29) is 6.04 Å². The summed E-state index contributed by atoms with van der Waals surface area (Å²) in [5.74, 6) is 0.617. The third kappa shape index (κ3) is 1.46. The fourth-order valence-corrected chi connectivity index (χ4v) is 1.76. The lowest BCUT2D eigenvalue weighted by molar-refractivity contribution is 0.178. The smallest absolute Gasteiger partial charge is 0.189 e. The first-order valence-corrected chi connectivity index (χ1v) is 5.08. The number of fused-ring (bicyclic) bond motifs is 3. The number of H-pyrrole nitrogens is 1. The van der Waals surface area contributed by atoms with Gasteiger partial charge in [0, 0.05) is 7.11 Å². The Kier molecular flexibility index (Phi) is 2.23. The first-order chi connectivity index (χ1) is 8.31. The third-order valence-electron chi connectivity index (χ3n) is 2.54. The van der Waals surface area contributed by atoms with Gasteiger partial charge in [-0.15, -0.1) is 10.2 Å². The maximum atomic E-state index is 5.93. The van der Waals surface area contributed by atoms with E-state index in [4.69, 9.17) is 10.5 Å². The summed E-state index contributed by atoms with van der Waals surface area (Å²) in [5, 5.41) is 8.15. The van der Waals surface area contributed by atoms with Crippen molar-refractivity contribution in [1.82, 2.24) is 29.5 Å². The maximum absolute atomic E-state index is 5.93. The molecule has 0 amide bonds. The molecule has 0 spiro atoms. The van der Waals surface area contributed by atoms with Gasteiger partial charge in [0.15, 0.2) is 17.1 Å². The minimum atomic E-state index is -0.336. The van der Waals surface area contributed by atoms with E-state index in [9.17, 15) is 0 Å². The molecule has 0 radical (unpaired) electrons. The second-order valence-corrected chi connectivity index (χ2v) is 3.66. The summed E-state index contributed by atoms with van der Waals surface area (Å²) in [6.45, 7) is 0.377. The fraction of sp³-hybridized carbons (Fsp3) is 0.333. The molecule has 3 rings (SSSR count). The van der Waals surface area contributed by atoms with Crippen molar-refractivity contribution in [3.63, 3.8) is 0 Å². The molecule has 0 saturated heterocycles. The maximum Gasteiger partial charge on any atom is 0.189 e. The van der Waals surface area contributed by atoms with Crippen LogP contribution in [-0.4, -0.2) is 43.3 Å². The minimum absolute atomic E-state index is 0.336. The van der Waals surface area contributed by atoms with E-state index in [0.29, 0.717) is 23.7 Å². The van der Waals surface area contributed by atoms with Gasteiger partial charge >= 0.3 is 0 Å². The van der Waals surface area contributed by atoms with Gasteiger partial charge in [0.2, 0.25) is 0 Å². The van der Waals surface area contributed by atoms with Gasteiger partial charge in [-0.25, -0.2) is 9.97 Å². The lowest BCUT2D eigenvalue weighted by Gasteiger charge is -2.07. The molecule has 3 N–H and O–H groups in total. The monoisotopic (exact) mass is 233 g/mol. The van der Waals surface area contributed by atoms with E-state index >= 15 is 0 Å². The summed E-state index contributed by atoms with van der Waals surface area (Å²) in [4.78, 5) is 11.2. The number of aromatic nitrogens is 6. The van der Waals surface area contributed by atoms with E-state index < -0.39 is 0 Å². The Morgan fingerprint density at radius 3 is 3.18 bits per heavy atom. The van der Waals surface area contributed by atoms with Crippen LogP contribution in [0.15, 0.2) is 12.7 Å². The number of hydrogen-bond donors (Lipinski definition) is 2. The van der Waals surface area contributed by atoms with Gasteiger partial charge in [-0.2, -0.15) is 0 Å². The minimum Gasteiger partial charge on any atom is -0.383 e. The SMILES string of the molecule is COCC(N)c1nnc2c3[nH]cnc3ncn12. The number of nitrogens with zero attached hydrogens (tertiary/aromatic N) is 5. The molecule has 8 nitrogen and oxygen atoms in total. The summed E-state index contributed by atoms with van der Waals surface area (Å²) >= 11 is 0. The van der Waals surface area contributed by atoms with Gasteiger partial charge in [-0.3, -0.25) is 4.40 Å². The standard InChI is InChI=1S/C9H11N7O/c1-17-2-5(10)8-14-15-9-6-7(12-3-11-6)13-4-16(8)9/h3-5H,2,10H2,1H3,(H,11,12). The van der Waals surface area contributed by atoms with Crippen LogP contribution in [0.5, 0.6) is 0 Å². The summed E-state index contributed by atoms with van der Waals surface area (Å²) < 4.78 is 6.74. The number of ether oxygens (including phenoxy) is 1. The second-order valence-electron chi connectivity index (χ2n) is 3.66. The Bertz CT molecular complexity index is 658. The number of nitrogens with one attached hydrogen (secondary N) is 1. The summed E-state index contributed by atoms with van der Waals surface area (Å²) in [6.07, 6.45) is 3.18. The molecule has 3 heterocycles. The highest BCUT2D eigenvalue weighted by molar-refractivity contribution is 5.84. The molecule has 0 aliphatic heterocycles. The highest BCUT2D eigenvalue weighted by Crippen LogP contribution is 2.15. The van der Waals surface area contributed by atoms with Crippen molar-refractivity contribution in [3.05, 3.63) is 18.5 Å². The third-order valence-corrected chi connectivity index (χ3v) is 2.54. The molecule has 3 aromatic heterocycles. The number of rotatable bonds is 3. The van der Waals surface area contributed by atoms with E-state index in [1.54, 1.807) is 24.2 Å². The van der Waals surface area contributed by atoms with Crippen molar-refractivity contribution < 1.29 is 4.74 Å². The summed E-state index contributed by atoms with van der Waals surface area (Å²) in [6, 6.07) is -0.336. The van der Waals surface area contributed by atoms with Gasteiger partial charge < -0.3 is 15.5 Å². The predicted molar refractivity (Wildman–Crippen MR) is 59.2 cm³/mol. The lowest BCUT2D eigenvalue weighted by Crippen LogP contribution is -2.19. The molecule has 1 atom stereocenters. The number of imidazole rings is 1. The van der Waals surface area contributed by atoms with E-state index in [0.717, 1.165) is 5.52 Å². The summed E-state index contributed by atoms with van der Waals surface area (Å²) in [7, 11) is 1.59. The average Bonchev–Trinajstić information content (AvgIpc) is 2.94. The molecule has 0 aliphatic rings. The van der Waals surface area contributed by atoms with Gasteiger partial charge in [-0.1, -0.05) is 0 Å². The van der Waals surface area contributed by atoms with Crippen LogP contribution < -0.4 is 5.73 Å². The van der Waals surface area contributed by atoms with E-state index in [2.05, 4.69) is 25.1 Å². The summed E-state index contributed by atoms with van der Waals surface area (Å²) in [5.41, 5.74) is 7.95. The molecular weight excluding hydrogens is 222 g/mol. The van der Waals surface area contributed by atoms with Crippen LogP contribution in [0.25, 0.3) is 16.8 Å². The molecule has 17 heavy (non-hydrogen) atoms. The Balaban J connectivity index is 2.21. The zero-order valence-corrected chi connectivity index (χ0v) is 9.16. The topological polar surface area (TPSA) is 107 Å². The highest BCUT2D eigenvalue weighted by Gasteiger charge is 2.16. The normalized spacial score (nSPS) is 13.5. The van der Waals surface area contributed by atoms with Crippen molar-refractivity contribution in [2.24, 2.45) is 5.73 Å². The van der Waals surface area contributed by atoms with Gasteiger partial charge in [-0.05, 0) is 0 Å². The van der Waals surface area contributed by atoms with Crippen LogP contribution in [0.3, 0.4) is 0 Å². The van der Waals surface area contributed by atoms with Gasteiger partial charge in [0.25, 0.3) is 0 Å². The van der Waals surface area contributed by atoms with Crippen LogP contribution in [0, 0.1) is 0 Å². The number of hydrogen-bond acceptors (Lipinski definition) is 6. The van der Waals surface area contributed by atoms with Crippen LogP contribution in [0.2, 0.25) is 0 Å². The molecule has 3 aromatic rings. The molecule has 88 valence electrons. The Labute approximate surface area is 95.8 Å². The molecular formula is C9H11N7O. The molecule has 0 saturated carbocycles. The Hall–Kier alpha value is -2.06. The van der Waals surface area contributed by atoms with Crippen molar-refractivity contribution in [3.8, 4) is 0 Å². The number of aromatic amines is 1. The quantitative estimate of drug-likeness (QED) is 0.640. The van der Waals surface area contributed by atoms with E-state index in [1.807, 2.05) is 0 Å². The second kappa shape index (κ2) is 3.75. The molecule has 8 heteroatoms. The van der Waals surface area contributed by atoms with Gasteiger partial charge in [0.1, 0.15) is 11.8 Å². The van der Waals surface area contributed by atoms with Crippen molar-refractivity contribution in [1.29, 1.82) is 0 Å². The average molecular weight is 233 g/mol.